The molecule has 1 amide bonds. The van der Waals surface area contributed by atoms with Gasteiger partial charge in [-0.15, -0.1) is 0 Å². The van der Waals surface area contributed by atoms with Crippen LogP contribution in [0.15, 0.2) is 18.2 Å². The fraction of sp³-hybridized carbons (Fsp3) is 0.462. The largest absolute Gasteiger partial charge is 0.418 e. The maximum atomic E-state index is 13.1. The summed E-state index contributed by atoms with van der Waals surface area (Å²) in [6.07, 6.45) is -3.96. The number of carbonyl (C=O) groups excluding carboxylic acids is 1. The van der Waals surface area contributed by atoms with Gasteiger partial charge in [-0.05, 0) is 18.9 Å². The molecule has 0 saturated carbocycles. The summed E-state index contributed by atoms with van der Waals surface area (Å²) in [5.74, 6) is -0.803. The summed E-state index contributed by atoms with van der Waals surface area (Å²) < 4.78 is 39.4. The predicted molar refractivity (Wildman–Crippen MR) is 72.2 cm³/mol. The minimum Gasteiger partial charge on any atom is -0.371 e. The molecule has 9 heteroatoms. The van der Waals surface area contributed by atoms with E-state index in [1.54, 1.807) is 0 Å². The molecule has 2 N–H and O–H groups in total. The molecule has 0 unspecified atom stereocenters. The Kier molecular flexibility index (Phi) is 4.25. The van der Waals surface area contributed by atoms with Gasteiger partial charge in [0.05, 0.1) is 10.5 Å². The van der Waals surface area contributed by atoms with Gasteiger partial charge in [-0.2, -0.15) is 13.2 Å². The number of amides is 1. The van der Waals surface area contributed by atoms with Crippen molar-refractivity contribution >= 4 is 17.3 Å². The Morgan fingerprint density at radius 1 is 1.32 bits per heavy atom. The Hall–Kier alpha value is -2.32. The van der Waals surface area contributed by atoms with Crippen molar-refractivity contribution in [3.8, 4) is 0 Å². The number of nitrogens with two attached hydrogens (primary N) is 1. The molecule has 22 heavy (non-hydrogen) atoms. The maximum Gasteiger partial charge on any atom is 0.418 e. The second-order valence-corrected chi connectivity index (χ2v) is 5.12. The van der Waals surface area contributed by atoms with Gasteiger partial charge in [0.25, 0.3) is 5.69 Å². The van der Waals surface area contributed by atoms with E-state index in [4.69, 9.17) is 5.73 Å². The first-order chi connectivity index (χ1) is 10.2. The highest BCUT2D eigenvalue weighted by Crippen LogP contribution is 2.39. The summed E-state index contributed by atoms with van der Waals surface area (Å²) >= 11 is 0. The van der Waals surface area contributed by atoms with Gasteiger partial charge < -0.3 is 10.6 Å². The zero-order chi connectivity index (χ0) is 16.5. The van der Waals surface area contributed by atoms with Gasteiger partial charge in [-0.3, -0.25) is 14.9 Å². The van der Waals surface area contributed by atoms with Gasteiger partial charge in [0.15, 0.2) is 0 Å². The van der Waals surface area contributed by atoms with E-state index in [9.17, 15) is 28.1 Å². The standard InChI is InChI=1S/C13H14F3N3O3/c14-13(15,16)10-7-9(19(21)22)1-2-11(10)18-5-3-8(4-6-18)12(17)20/h1-2,7-8H,3-6H2,(H2,17,20). The normalized spacial score (nSPS) is 16.6. The van der Waals surface area contributed by atoms with Crippen LogP contribution in [0.25, 0.3) is 0 Å². The maximum absolute atomic E-state index is 13.1. The Bertz CT molecular complexity index is 596. The molecule has 0 atom stereocenters. The second kappa shape index (κ2) is 5.82. The number of rotatable bonds is 3. The third-order valence-corrected chi connectivity index (χ3v) is 3.73. The molecule has 1 saturated heterocycles. The van der Waals surface area contributed by atoms with Crippen molar-refractivity contribution in [3.05, 3.63) is 33.9 Å². The van der Waals surface area contributed by atoms with Crippen molar-refractivity contribution < 1.29 is 22.9 Å². The average Bonchev–Trinajstić information content (AvgIpc) is 2.45. The van der Waals surface area contributed by atoms with Crippen LogP contribution in [-0.4, -0.2) is 23.9 Å². The number of primary amides is 1. The van der Waals surface area contributed by atoms with Gasteiger partial charge in [0.2, 0.25) is 5.91 Å². The summed E-state index contributed by atoms with van der Waals surface area (Å²) in [5.41, 5.74) is 3.43. The number of carbonyl (C=O) groups is 1. The molecule has 1 aromatic rings. The third kappa shape index (κ3) is 3.29. The molecular formula is C13H14F3N3O3. The van der Waals surface area contributed by atoms with E-state index in [1.807, 2.05) is 0 Å². The zero-order valence-corrected chi connectivity index (χ0v) is 11.5. The summed E-state index contributed by atoms with van der Waals surface area (Å²) in [4.78, 5) is 22.4. The molecule has 2 rings (SSSR count). The Morgan fingerprint density at radius 2 is 1.91 bits per heavy atom. The van der Waals surface area contributed by atoms with E-state index < -0.39 is 28.3 Å². The molecule has 1 aromatic carbocycles. The monoisotopic (exact) mass is 317 g/mol. The highest BCUT2D eigenvalue weighted by Gasteiger charge is 2.37. The Balaban J connectivity index is 2.31. The van der Waals surface area contributed by atoms with Crippen LogP contribution < -0.4 is 10.6 Å². The molecule has 1 aliphatic heterocycles. The summed E-state index contributed by atoms with van der Waals surface area (Å²) in [7, 11) is 0. The van der Waals surface area contributed by atoms with Crippen LogP contribution in [-0.2, 0) is 11.0 Å². The number of nitro benzene ring substituents is 1. The molecule has 0 bridgehead atoms. The fourth-order valence-corrected chi connectivity index (χ4v) is 2.55. The van der Waals surface area contributed by atoms with E-state index in [0.29, 0.717) is 18.9 Å². The van der Waals surface area contributed by atoms with Crippen molar-refractivity contribution in [2.24, 2.45) is 11.7 Å². The van der Waals surface area contributed by atoms with Crippen LogP contribution in [0.2, 0.25) is 0 Å². The van der Waals surface area contributed by atoms with Crippen LogP contribution in [0.4, 0.5) is 24.5 Å². The summed E-state index contributed by atoms with van der Waals surface area (Å²) in [6, 6.07) is 2.69. The lowest BCUT2D eigenvalue weighted by molar-refractivity contribution is -0.385. The number of anilines is 1. The number of nitro groups is 1. The van der Waals surface area contributed by atoms with E-state index in [0.717, 1.165) is 12.1 Å². The smallest absolute Gasteiger partial charge is 0.371 e. The second-order valence-electron chi connectivity index (χ2n) is 5.12. The van der Waals surface area contributed by atoms with Gasteiger partial charge in [0, 0.05) is 36.8 Å². The van der Waals surface area contributed by atoms with Crippen LogP contribution in [0.5, 0.6) is 0 Å². The minimum atomic E-state index is -4.69. The van der Waals surface area contributed by atoms with Gasteiger partial charge in [0.1, 0.15) is 0 Å². The van der Waals surface area contributed by atoms with Crippen molar-refractivity contribution in [1.82, 2.24) is 0 Å². The first kappa shape index (κ1) is 16.1. The van der Waals surface area contributed by atoms with E-state index in [-0.39, 0.29) is 24.7 Å². The predicted octanol–water partition coefficient (Wildman–Crippen LogP) is 2.32. The molecule has 0 radical (unpaired) electrons. The number of hydrogen-bond acceptors (Lipinski definition) is 4. The van der Waals surface area contributed by atoms with E-state index >= 15 is 0 Å². The quantitative estimate of drug-likeness (QED) is 0.684. The molecular weight excluding hydrogens is 303 g/mol. The highest BCUT2D eigenvalue weighted by atomic mass is 19.4. The number of non-ortho nitro benzene ring substituents is 1. The first-order valence-electron chi connectivity index (χ1n) is 6.60. The lowest BCUT2D eigenvalue weighted by Gasteiger charge is -2.33. The number of halogens is 3. The third-order valence-electron chi connectivity index (χ3n) is 3.73. The molecule has 1 heterocycles. The SMILES string of the molecule is NC(=O)C1CCN(c2ccc([N+](=O)[O-])cc2C(F)(F)F)CC1. The van der Waals surface area contributed by atoms with Gasteiger partial charge >= 0.3 is 6.18 Å². The topological polar surface area (TPSA) is 89.5 Å². The van der Waals surface area contributed by atoms with Crippen molar-refractivity contribution in [3.63, 3.8) is 0 Å². The molecule has 1 aliphatic rings. The Morgan fingerprint density at radius 3 is 2.36 bits per heavy atom. The molecule has 1 fully saturated rings. The number of benzene rings is 1. The molecule has 0 aliphatic carbocycles. The van der Waals surface area contributed by atoms with E-state index in [2.05, 4.69) is 0 Å². The molecule has 120 valence electrons. The number of alkyl halides is 3. The molecule has 0 spiro atoms. The highest BCUT2D eigenvalue weighted by molar-refractivity contribution is 5.77. The van der Waals surface area contributed by atoms with Crippen molar-refractivity contribution in [1.29, 1.82) is 0 Å². The fourth-order valence-electron chi connectivity index (χ4n) is 2.55. The lowest BCUT2D eigenvalue weighted by Crippen LogP contribution is -2.39. The lowest BCUT2D eigenvalue weighted by atomic mass is 9.95. The van der Waals surface area contributed by atoms with Gasteiger partial charge in [-0.25, -0.2) is 0 Å². The van der Waals surface area contributed by atoms with E-state index in [1.165, 1.54) is 4.90 Å². The minimum absolute atomic E-state index is 0.110. The zero-order valence-electron chi connectivity index (χ0n) is 11.5. The van der Waals surface area contributed by atoms with Crippen LogP contribution in [0, 0.1) is 16.0 Å². The number of piperidine rings is 1. The van der Waals surface area contributed by atoms with Crippen molar-refractivity contribution in [2.45, 2.75) is 19.0 Å². The van der Waals surface area contributed by atoms with Crippen molar-refractivity contribution in [2.75, 3.05) is 18.0 Å². The number of nitrogens with zero attached hydrogens (tertiary/aromatic N) is 2. The van der Waals surface area contributed by atoms with Gasteiger partial charge in [-0.1, -0.05) is 0 Å². The van der Waals surface area contributed by atoms with Crippen LogP contribution in [0.3, 0.4) is 0 Å². The van der Waals surface area contributed by atoms with Crippen LogP contribution in [0.1, 0.15) is 18.4 Å². The molecule has 0 aromatic heterocycles. The Labute approximate surface area is 123 Å². The molecule has 6 nitrogen and oxygen atoms in total. The van der Waals surface area contributed by atoms with Crippen LogP contribution >= 0.6 is 0 Å². The number of hydrogen-bond donors (Lipinski definition) is 1. The average molecular weight is 317 g/mol. The first-order valence-corrected chi connectivity index (χ1v) is 6.60. The summed E-state index contributed by atoms with van der Waals surface area (Å²) in [5, 5.41) is 10.7. The summed E-state index contributed by atoms with van der Waals surface area (Å²) in [6.45, 7) is 0.489.